The molecule has 1 aliphatic heterocycles. The Labute approximate surface area is 133 Å². The Morgan fingerprint density at radius 3 is 2.42 bits per heavy atom. The van der Waals surface area contributed by atoms with Crippen molar-refractivity contribution in [3.05, 3.63) is 0 Å². The van der Waals surface area contributed by atoms with E-state index in [1.807, 2.05) is 6.92 Å². The molecule has 1 fully saturated rings. The van der Waals surface area contributed by atoms with E-state index in [-0.39, 0.29) is 29.7 Å². The summed E-state index contributed by atoms with van der Waals surface area (Å²) in [5.74, 6) is 1.01. The standard InChI is InChI=1S/C11H24N4O2S.HI/c1-3-12-11(15-9-5-6-10-15)13-7-8-14-18(16,17)4-2;/h14H,3-10H2,1-2H3,(H,12,13);1H. The number of aliphatic imine (C=N–C) groups is 1. The quantitative estimate of drug-likeness (QED) is 0.295. The number of hydrogen-bond acceptors (Lipinski definition) is 3. The first-order valence-electron chi connectivity index (χ1n) is 6.59. The fourth-order valence-corrected chi connectivity index (χ4v) is 2.43. The SMILES string of the molecule is CCNC(=NCCNS(=O)(=O)CC)N1CCCC1.I. The molecule has 1 heterocycles. The average molecular weight is 404 g/mol. The number of likely N-dealkylation sites (tertiary alicyclic amines) is 1. The molecule has 1 saturated heterocycles. The van der Waals surface area contributed by atoms with Crippen LogP contribution in [0.4, 0.5) is 0 Å². The van der Waals surface area contributed by atoms with Gasteiger partial charge in [0, 0.05) is 26.2 Å². The van der Waals surface area contributed by atoms with Gasteiger partial charge in [-0.1, -0.05) is 0 Å². The van der Waals surface area contributed by atoms with E-state index in [1.54, 1.807) is 6.92 Å². The predicted molar refractivity (Wildman–Crippen MR) is 89.7 cm³/mol. The van der Waals surface area contributed by atoms with E-state index in [4.69, 9.17) is 0 Å². The number of nitrogens with zero attached hydrogens (tertiary/aromatic N) is 2. The number of rotatable bonds is 6. The molecular formula is C11H25IN4O2S. The fourth-order valence-electron chi connectivity index (χ4n) is 1.82. The van der Waals surface area contributed by atoms with Gasteiger partial charge < -0.3 is 10.2 Å². The summed E-state index contributed by atoms with van der Waals surface area (Å²) in [6.45, 7) is 7.39. The molecule has 114 valence electrons. The Hall–Kier alpha value is -0.0900. The third-order valence-corrected chi connectivity index (χ3v) is 4.22. The lowest BCUT2D eigenvalue weighted by atomic mass is 10.4. The van der Waals surface area contributed by atoms with Crippen LogP contribution in [0.15, 0.2) is 4.99 Å². The lowest BCUT2D eigenvalue weighted by Crippen LogP contribution is -2.40. The highest BCUT2D eigenvalue weighted by Crippen LogP contribution is 2.07. The van der Waals surface area contributed by atoms with E-state index in [1.165, 1.54) is 12.8 Å². The van der Waals surface area contributed by atoms with E-state index < -0.39 is 10.0 Å². The molecule has 0 saturated carbocycles. The largest absolute Gasteiger partial charge is 0.357 e. The molecule has 0 unspecified atom stereocenters. The lowest BCUT2D eigenvalue weighted by Gasteiger charge is -2.20. The predicted octanol–water partition coefficient (Wildman–Crippen LogP) is 0.605. The zero-order valence-corrected chi connectivity index (χ0v) is 14.8. The number of sulfonamides is 1. The van der Waals surface area contributed by atoms with Gasteiger partial charge in [-0.15, -0.1) is 24.0 Å². The summed E-state index contributed by atoms with van der Waals surface area (Å²) in [5.41, 5.74) is 0. The first kappa shape index (κ1) is 18.9. The van der Waals surface area contributed by atoms with Crippen molar-refractivity contribution in [1.82, 2.24) is 14.9 Å². The van der Waals surface area contributed by atoms with Gasteiger partial charge in [-0.2, -0.15) is 0 Å². The van der Waals surface area contributed by atoms with Crippen molar-refractivity contribution in [2.24, 2.45) is 4.99 Å². The van der Waals surface area contributed by atoms with Crippen molar-refractivity contribution in [2.75, 3.05) is 38.5 Å². The Balaban J connectivity index is 0.00000324. The van der Waals surface area contributed by atoms with Crippen molar-refractivity contribution in [2.45, 2.75) is 26.7 Å². The molecule has 19 heavy (non-hydrogen) atoms. The number of guanidine groups is 1. The third-order valence-electron chi connectivity index (χ3n) is 2.82. The summed E-state index contributed by atoms with van der Waals surface area (Å²) in [4.78, 5) is 6.66. The Morgan fingerprint density at radius 2 is 1.89 bits per heavy atom. The molecule has 1 rings (SSSR count). The van der Waals surface area contributed by atoms with Crippen LogP contribution in [-0.4, -0.2) is 57.8 Å². The Kier molecular flexibility index (Phi) is 9.71. The van der Waals surface area contributed by atoms with Crippen LogP contribution in [0.2, 0.25) is 0 Å². The van der Waals surface area contributed by atoms with Crippen LogP contribution in [0.3, 0.4) is 0 Å². The van der Waals surface area contributed by atoms with Crippen LogP contribution in [0.25, 0.3) is 0 Å². The molecule has 0 aromatic heterocycles. The summed E-state index contributed by atoms with van der Waals surface area (Å²) in [7, 11) is -3.10. The molecule has 0 aliphatic carbocycles. The highest BCUT2D eigenvalue weighted by atomic mass is 127. The van der Waals surface area contributed by atoms with Gasteiger partial charge in [0.15, 0.2) is 5.96 Å². The average Bonchev–Trinajstić information content (AvgIpc) is 2.87. The van der Waals surface area contributed by atoms with Gasteiger partial charge in [0.1, 0.15) is 0 Å². The Bertz CT molecular complexity index is 367. The van der Waals surface area contributed by atoms with Crippen LogP contribution in [0.5, 0.6) is 0 Å². The van der Waals surface area contributed by atoms with Gasteiger partial charge in [0.2, 0.25) is 10.0 Å². The zero-order valence-electron chi connectivity index (χ0n) is 11.7. The second kappa shape index (κ2) is 9.76. The van der Waals surface area contributed by atoms with Gasteiger partial charge in [-0.05, 0) is 26.7 Å². The second-order valence-electron chi connectivity index (χ2n) is 4.23. The van der Waals surface area contributed by atoms with E-state index in [0.29, 0.717) is 13.1 Å². The monoisotopic (exact) mass is 404 g/mol. The highest BCUT2D eigenvalue weighted by molar-refractivity contribution is 14.0. The third kappa shape index (κ3) is 7.31. The molecule has 0 amide bonds. The maximum Gasteiger partial charge on any atom is 0.211 e. The first-order valence-corrected chi connectivity index (χ1v) is 8.25. The molecule has 8 heteroatoms. The maximum atomic E-state index is 11.2. The van der Waals surface area contributed by atoms with Gasteiger partial charge in [-0.25, -0.2) is 13.1 Å². The minimum Gasteiger partial charge on any atom is -0.357 e. The molecular weight excluding hydrogens is 379 g/mol. The molecule has 0 atom stereocenters. The summed E-state index contributed by atoms with van der Waals surface area (Å²) < 4.78 is 25.0. The topological polar surface area (TPSA) is 73.8 Å². The van der Waals surface area contributed by atoms with Crippen molar-refractivity contribution in [3.63, 3.8) is 0 Å². The van der Waals surface area contributed by atoms with Crippen molar-refractivity contribution in [3.8, 4) is 0 Å². The van der Waals surface area contributed by atoms with Crippen molar-refractivity contribution in [1.29, 1.82) is 0 Å². The van der Waals surface area contributed by atoms with Crippen molar-refractivity contribution < 1.29 is 8.42 Å². The van der Waals surface area contributed by atoms with Crippen LogP contribution < -0.4 is 10.0 Å². The Morgan fingerprint density at radius 1 is 1.26 bits per heavy atom. The number of nitrogens with one attached hydrogen (secondary N) is 2. The second-order valence-corrected chi connectivity index (χ2v) is 6.32. The summed E-state index contributed by atoms with van der Waals surface area (Å²) in [6.07, 6.45) is 2.40. The first-order chi connectivity index (χ1) is 8.59. The maximum absolute atomic E-state index is 11.2. The summed E-state index contributed by atoms with van der Waals surface area (Å²) in [6, 6.07) is 0. The number of hydrogen-bond donors (Lipinski definition) is 2. The van der Waals surface area contributed by atoms with E-state index in [9.17, 15) is 8.42 Å². The molecule has 2 N–H and O–H groups in total. The van der Waals surface area contributed by atoms with Crippen molar-refractivity contribution >= 4 is 40.0 Å². The normalized spacial score (nSPS) is 16.3. The smallest absolute Gasteiger partial charge is 0.211 e. The van der Waals surface area contributed by atoms with Gasteiger partial charge in [0.25, 0.3) is 0 Å². The number of halogens is 1. The van der Waals surface area contributed by atoms with Gasteiger partial charge in [0.05, 0.1) is 12.3 Å². The molecule has 0 radical (unpaired) electrons. The van der Waals surface area contributed by atoms with E-state index >= 15 is 0 Å². The highest BCUT2D eigenvalue weighted by Gasteiger charge is 2.15. The molecule has 0 spiro atoms. The minimum atomic E-state index is -3.10. The van der Waals surface area contributed by atoms with Crippen LogP contribution >= 0.6 is 24.0 Å². The zero-order chi connectivity index (χ0) is 13.4. The van der Waals surface area contributed by atoms with E-state index in [0.717, 1.165) is 25.6 Å². The van der Waals surface area contributed by atoms with Crippen LogP contribution in [-0.2, 0) is 10.0 Å². The lowest BCUT2D eigenvalue weighted by molar-refractivity contribution is 0.493. The summed E-state index contributed by atoms with van der Waals surface area (Å²) in [5, 5.41) is 3.23. The summed E-state index contributed by atoms with van der Waals surface area (Å²) >= 11 is 0. The van der Waals surface area contributed by atoms with Crippen LogP contribution in [0.1, 0.15) is 26.7 Å². The molecule has 1 aliphatic rings. The fraction of sp³-hybridized carbons (Fsp3) is 0.909. The van der Waals surface area contributed by atoms with Crippen LogP contribution in [0, 0.1) is 0 Å². The molecule has 6 nitrogen and oxygen atoms in total. The molecule has 0 aromatic rings. The molecule has 0 bridgehead atoms. The van der Waals surface area contributed by atoms with Gasteiger partial charge >= 0.3 is 0 Å². The van der Waals surface area contributed by atoms with Gasteiger partial charge in [-0.3, -0.25) is 4.99 Å². The minimum absolute atomic E-state index is 0. The van der Waals surface area contributed by atoms with E-state index in [2.05, 4.69) is 19.9 Å². The molecule has 0 aromatic carbocycles.